The first-order valence-corrected chi connectivity index (χ1v) is 7.00. The van der Waals surface area contributed by atoms with Gasteiger partial charge in [0.15, 0.2) is 0 Å². The molecule has 0 aliphatic carbocycles. The number of hydrogen-bond donors (Lipinski definition) is 3. The highest BCUT2D eigenvalue weighted by Gasteiger charge is 2.16. The number of phenolic OH excluding ortho intramolecular Hbond substituents is 1. The Morgan fingerprint density at radius 2 is 2.28 bits per heavy atom. The second kappa shape index (κ2) is 6.89. The van der Waals surface area contributed by atoms with Gasteiger partial charge in [0.2, 0.25) is 0 Å². The monoisotopic (exact) mass is 378 g/mol. The van der Waals surface area contributed by atoms with Crippen molar-refractivity contribution in [1.82, 2.24) is 5.32 Å². The van der Waals surface area contributed by atoms with Crippen molar-refractivity contribution in [2.75, 3.05) is 0 Å². The summed E-state index contributed by atoms with van der Waals surface area (Å²) in [7, 11) is 0. The molecule has 1 atom stereocenters. The van der Waals surface area contributed by atoms with Crippen LogP contribution in [0.1, 0.15) is 30.1 Å². The van der Waals surface area contributed by atoms with Crippen molar-refractivity contribution >= 4 is 45.7 Å². The summed E-state index contributed by atoms with van der Waals surface area (Å²) in [6, 6.07) is 4.77. The van der Waals surface area contributed by atoms with Gasteiger partial charge in [-0.2, -0.15) is 0 Å². The molecule has 0 aliphatic heterocycles. The van der Waals surface area contributed by atoms with Crippen LogP contribution in [-0.2, 0) is 0 Å². The summed E-state index contributed by atoms with van der Waals surface area (Å²) in [4.78, 5) is 12.4. The third kappa shape index (κ3) is 4.41. The third-order valence-corrected chi connectivity index (χ3v) is 3.32. The van der Waals surface area contributed by atoms with E-state index in [4.69, 9.17) is 18.0 Å². The van der Waals surface area contributed by atoms with E-state index in [1.807, 2.05) is 6.92 Å². The summed E-state index contributed by atoms with van der Waals surface area (Å²) in [6.07, 6.45) is 1.19. The van der Waals surface area contributed by atoms with Crippen molar-refractivity contribution in [1.29, 1.82) is 0 Å². The van der Waals surface area contributed by atoms with Gasteiger partial charge >= 0.3 is 0 Å². The van der Waals surface area contributed by atoms with Gasteiger partial charge in [-0.3, -0.25) is 4.79 Å². The number of thiocarbonyl (C=S) groups is 1. The number of amides is 1. The van der Waals surface area contributed by atoms with Crippen LogP contribution in [0.2, 0.25) is 0 Å². The maximum Gasteiger partial charge on any atom is 0.255 e. The van der Waals surface area contributed by atoms with Gasteiger partial charge in [0.05, 0.1) is 10.6 Å². The lowest BCUT2D eigenvalue weighted by Crippen LogP contribution is -2.37. The van der Waals surface area contributed by atoms with E-state index in [2.05, 4.69) is 27.9 Å². The molecule has 1 rings (SSSR count). The van der Waals surface area contributed by atoms with E-state index < -0.39 is 0 Å². The van der Waals surface area contributed by atoms with Crippen LogP contribution in [0.15, 0.2) is 18.2 Å². The Bertz CT molecular complexity index is 465. The number of carbonyl (C=O) groups excluding carboxylic acids is 1. The first-order valence-electron chi connectivity index (χ1n) is 5.51. The molecule has 4 nitrogen and oxygen atoms in total. The fraction of sp³-hybridized carbons (Fsp3) is 0.333. The predicted octanol–water partition coefficient (Wildman–Crippen LogP) is 2.18. The molecular formula is C12H15IN2O2S. The molecule has 0 aromatic heterocycles. The van der Waals surface area contributed by atoms with Gasteiger partial charge in [-0.1, -0.05) is 19.1 Å². The molecule has 0 heterocycles. The van der Waals surface area contributed by atoms with Gasteiger partial charge in [0.1, 0.15) is 5.75 Å². The average Bonchev–Trinajstić information content (AvgIpc) is 2.30. The van der Waals surface area contributed by atoms with Crippen LogP contribution < -0.4 is 11.1 Å². The lowest BCUT2D eigenvalue weighted by atomic mass is 10.1. The number of hydrogen-bond acceptors (Lipinski definition) is 3. The number of benzene rings is 1. The molecule has 4 N–H and O–H groups in total. The highest BCUT2D eigenvalue weighted by atomic mass is 127. The number of aromatic hydroxyl groups is 1. The molecule has 1 aromatic carbocycles. The normalized spacial score (nSPS) is 11.9. The Morgan fingerprint density at radius 1 is 1.61 bits per heavy atom. The Hall–Kier alpha value is -0.890. The lowest BCUT2D eigenvalue weighted by molar-refractivity contribution is 0.0934. The van der Waals surface area contributed by atoms with Crippen molar-refractivity contribution < 1.29 is 9.90 Å². The Labute approximate surface area is 125 Å². The summed E-state index contributed by atoms with van der Waals surface area (Å²) in [5.74, 6) is -0.341. The molecule has 1 unspecified atom stereocenters. The van der Waals surface area contributed by atoms with E-state index in [-0.39, 0.29) is 23.3 Å². The van der Waals surface area contributed by atoms with Crippen LogP contribution in [0.5, 0.6) is 5.75 Å². The number of phenols is 1. The van der Waals surface area contributed by atoms with Crippen molar-refractivity contribution in [2.45, 2.75) is 25.8 Å². The number of halogens is 1. The highest BCUT2D eigenvalue weighted by Crippen LogP contribution is 2.19. The maximum absolute atomic E-state index is 12.0. The summed E-state index contributed by atoms with van der Waals surface area (Å²) >= 11 is 6.92. The largest absolute Gasteiger partial charge is 0.507 e. The first kappa shape index (κ1) is 15.2. The van der Waals surface area contributed by atoms with E-state index in [9.17, 15) is 9.90 Å². The number of nitrogens with one attached hydrogen (secondary N) is 1. The number of carbonyl (C=O) groups is 1. The van der Waals surface area contributed by atoms with Crippen LogP contribution in [0.4, 0.5) is 0 Å². The summed E-state index contributed by atoms with van der Waals surface area (Å²) in [5, 5.41) is 12.5. The number of rotatable bonds is 5. The molecule has 0 fully saturated rings. The molecule has 0 saturated heterocycles. The van der Waals surface area contributed by atoms with E-state index in [0.29, 0.717) is 11.4 Å². The molecule has 0 aliphatic rings. The van der Waals surface area contributed by atoms with Crippen molar-refractivity contribution in [3.63, 3.8) is 0 Å². The van der Waals surface area contributed by atoms with Gasteiger partial charge < -0.3 is 16.2 Å². The molecule has 0 radical (unpaired) electrons. The highest BCUT2D eigenvalue weighted by molar-refractivity contribution is 14.1. The molecule has 18 heavy (non-hydrogen) atoms. The predicted molar refractivity (Wildman–Crippen MR) is 83.8 cm³/mol. The first-order chi connectivity index (χ1) is 8.43. The lowest BCUT2D eigenvalue weighted by Gasteiger charge is -2.16. The van der Waals surface area contributed by atoms with E-state index in [1.54, 1.807) is 12.1 Å². The van der Waals surface area contributed by atoms with Crippen molar-refractivity contribution in [2.24, 2.45) is 5.73 Å². The summed E-state index contributed by atoms with van der Waals surface area (Å²) in [6.45, 7) is 1.94. The van der Waals surface area contributed by atoms with Crippen LogP contribution in [0.25, 0.3) is 0 Å². The van der Waals surface area contributed by atoms with E-state index >= 15 is 0 Å². The minimum absolute atomic E-state index is 0.0295. The fourth-order valence-electron chi connectivity index (χ4n) is 1.49. The van der Waals surface area contributed by atoms with E-state index in [0.717, 1.165) is 9.99 Å². The second-order valence-corrected chi connectivity index (χ2v) is 5.68. The Morgan fingerprint density at radius 3 is 2.83 bits per heavy atom. The molecule has 0 saturated carbocycles. The molecule has 1 aromatic rings. The molecule has 6 heteroatoms. The zero-order valence-corrected chi connectivity index (χ0v) is 12.9. The summed E-state index contributed by atoms with van der Waals surface area (Å²) in [5.41, 5.74) is 5.73. The van der Waals surface area contributed by atoms with Crippen LogP contribution in [0.3, 0.4) is 0 Å². The molecule has 0 spiro atoms. The minimum Gasteiger partial charge on any atom is -0.507 e. The smallest absolute Gasteiger partial charge is 0.255 e. The van der Waals surface area contributed by atoms with Crippen LogP contribution in [0, 0.1) is 3.57 Å². The van der Waals surface area contributed by atoms with Gasteiger partial charge in [-0.15, -0.1) is 0 Å². The SMILES string of the molecule is CCC(CC(N)=S)NC(=O)c1cc(I)ccc1O. The summed E-state index contributed by atoms with van der Waals surface area (Å²) < 4.78 is 0.887. The molecule has 0 bridgehead atoms. The topological polar surface area (TPSA) is 75.3 Å². The molecule has 98 valence electrons. The molecule has 1 amide bonds. The van der Waals surface area contributed by atoms with E-state index in [1.165, 1.54) is 6.07 Å². The zero-order valence-electron chi connectivity index (χ0n) is 9.94. The Kier molecular flexibility index (Phi) is 5.80. The van der Waals surface area contributed by atoms with Crippen LogP contribution >= 0.6 is 34.8 Å². The van der Waals surface area contributed by atoms with Gasteiger partial charge in [0, 0.05) is 16.0 Å². The standard InChI is InChI=1S/C12H15IN2O2S/c1-2-8(6-11(14)18)15-12(17)9-5-7(13)3-4-10(9)16/h3-5,8,16H,2,6H2,1H3,(H2,14,18)(H,15,17). The van der Waals surface area contributed by atoms with Gasteiger partial charge in [0.25, 0.3) is 5.91 Å². The fourth-order valence-corrected chi connectivity index (χ4v) is 2.19. The zero-order chi connectivity index (χ0) is 13.7. The third-order valence-electron chi connectivity index (χ3n) is 2.48. The van der Waals surface area contributed by atoms with Crippen molar-refractivity contribution in [3.8, 4) is 5.75 Å². The van der Waals surface area contributed by atoms with Crippen LogP contribution in [-0.4, -0.2) is 22.0 Å². The maximum atomic E-state index is 12.0. The number of nitrogens with two attached hydrogens (primary N) is 1. The second-order valence-electron chi connectivity index (χ2n) is 3.91. The Balaban J connectivity index is 2.80. The quantitative estimate of drug-likeness (QED) is 0.543. The van der Waals surface area contributed by atoms with Crippen molar-refractivity contribution in [3.05, 3.63) is 27.3 Å². The molecular weight excluding hydrogens is 363 g/mol. The van der Waals surface area contributed by atoms with Gasteiger partial charge in [-0.05, 0) is 47.2 Å². The van der Waals surface area contributed by atoms with Gasteiger partial charge in [-0.25, -0.2) is 0 Å². The minimum atomic E-state index is -0.311. The average molecular weight is 378 g/mol.